The number of aliphatic carboxylic acids is 1. The summed E-state index contributed by atoms with van der Waals surface area (Å²) in [7, 11) is 0. The average molecular weight is 395 g/mol. The van der Waals surface area contributed by atoms with Gasteiger partial charge in [0, 0.05) is 5.39 Å². The molecule has 0 bridgehead atoms. The molecule has 142 valence electrons. The topological polar surface area (TPSA) is 90.4 Å². The minimum atomic E-state index is -0.911. The number of nitrogens with zero attached hydrogens (tertiary/aromatic N) is 3. The highest BCUT2D eigenvalue weighted by Gasteiger charge is 2.16. The van der Waals surface area contributed by atoms with Gasteiger partial charge in [0.05, 0.1) is 18.6 Å². The molecule has 7 nitrogen and oxygen atoms in total. The highest BCUT2D eigenvalue weighted by molar-refractivity contribution is 7.99. The molecule has 2 heterocycles. The van der Waals surface area contributed by atoms with E-state index < -0.39 is 5.97 Å². The molecular weight excluding hydrogens is 378 g/mol. The number of hydrogen-bond acceptors (Lipinski definition) is 6. The number of hydrogen-bond donors (Lipinski definition) is 1. The zero-order chi connectivity index (χ0) is 19.3. The predicted molar refractivity (Wildman–Crippen MR) is 104 cm³/mol. The van der Waals surface area contributed by atoms with Gasteiger partial charge in [0.2, 0.25) is 0 Å². The summed E-state index contributed by atoms with van der Waals surface area (Å²) in [6, 6.07) is 17.5. The molecule has 4 rings (SSSR count). The lowest BCUT2D eigenvalue weighted by molar-refractivity contribution is -0.133. The summed E-state index contributed by atoms with van der Waals surface area (Å²) in [4.78, 5) is 10.9. The zero-order valence-electron chi connectivity index (χ0n) is 14.8. The summed E-state index contributed by atoms with van der Waals surface area (Å²) in [5.41, 5.74) is 0. The molecule has 0 aliphatic rings. The lowest BCUT2D eigenvalue weighted by Crippen LogP contribution is -2.10. The normalized spacial score (nSPS) is 11.0. The number of carbonyl (C=O) groups is 1. The van der Waals surface area contributed by atoms with Gasteiger partial charge in [-0.15, -0.1) is 10.2 Å². The van der Waals surface area contributed by atoms with Gasteiger partial charge in [-0.05, 0) is 23.6 Å². The van der Waals surface area contributed by atoms with Gasteiger partial charge in [0.1, 0.15) is 18.1 Å². The average Bonchev–Trinajstić information content (AvgIpc) is 3.35. The third kappa shape index (κ3) is 4.01. The fourth-order valence-electron chi connectivity index (χ4n) is 2.84. The van der Waals surface area contributed by atoms with Crippen LogP contribution < -0.4 is 4.74 Å². The van der Waals surface area contributed by atoms with Gasteiger partial charge < -0.3 is 14.3 Å². The fraction of sp³-hybridized carbons (Fsp3) is 0.150. The van der Waals surface area contributed by atoms with E-state index in [1.807, 2.05) is 53.1 Å². The zero-order valence-corrected chi connectivity index (χ0v) is 15.6. The Morgan fingerprint density at radius 3 is 2.79 bits per heavy atom. The maximum Gasteiger partial charge on any atom is 0.313 e. The van der Waals surface area contributed by atoms with Crippen molar-refractivity contribution in [1.82, 2.24) is 14.8 Å². The van der Waals surface area contributed by atoms with Crippen LogP contribution in [0.4, 0.5) is 0 Å². The molecule has 28 heavy (non-hydrogen) atoms. The number of aromatic nitrogens is 3. The number of rotatable bonds is 8. The van der Waals surface area contributed by atoms with Crippen LogP contribution in [0.1, 0.15) is 11.6 Å². The van der Waals surface area contributed by atoms with Gasteiger partial charge in [-0.3, -0.25) is 9.36 Å². The second-order valence-electron chi connectivity index (χ2n) is 6.01. The molecule has 0 spiro atoms. The highest BCUT2D eigenvalue weighted by atomic mass is 32.2. The summed E-state index contributed by atoms with van der Waals surface area (Å²) in [5.74, 6) is 1.07. The number of carboxylic acid groups (broad SMARTS) is 1. The Bertz CT molecular complexity index is 1090. The Hall–Kier alpha value is -3.26. The van der Waals surface area contributed by atoms with Crippen molar-refractivity contribution in [2.75, 3.05) is 5.75 Å². The molecule has 0 aliphatic heterocycles. The monoisotopic (exact) mass is 395 g/mol. The molecule has 1 N–H and O–H groups in total. The molecule has 0 saturated carbocycles. The van der Waals surface area contributed by atoms with Gasteiger partial charge in [0.15, 0.2) is 11.0 Å². The molecule has 0 fully saturated rings. The molecule has 0 amide bonds. The number of benzene rings is 2. The van der Waals surface area contributed by atoms with Crippen molar-refractivity contribution in [1.29, 1.82) is 0 Å². The fourth-order valence-corrected chi connectivity index (χ4v) is 3.52. The second kappa shape index (κ2) is 8.18. The van der Waals surface area contributed by atoms with Crippen molar-refractivity contribution in [2.45, 2.75) is 18.3 Å². The second-order valence-corrected chi connectivity index (χ2v) is 6.96. The van der Waals surface area contributed by atoms with Crippen LogP contribution in [0.15, 0.2) is 70.4 Å². The van der Waals surface area contributed by atoms with Crippen LogP contribution in [-0.4, -0.2) is 31.6 Å². The Labute approximate surface area is 165 Å². The Morgan fingerprint density at radius 2 is 1.96 bits per heavy atom. The van der Waals surface area contributed by atoms with Crippen molar-refractivity contribution >= 4 is 28.5 Å². The molecule has 2 aromatic heterocycles. The minimum absolute atomic E-state index is 0.0968. The van der Waals surface area contributed by atoms with E-state index in [1.54, 1.807) is 12.3 Å². The van der Waals surface area contributed by atoms with Gasteiger partial charge in [-0.2, -0.15) is 0 Å². The number of thioether (sulfide) groups is 1. The van der Waals surface area contributed by atoms with Gasteiger partial charge in [0.25, 0.3) is 0 Å². The summed E-state index contributed by atoms with van der Waals surface area (Å²) in [6.07, 6.45) is 1.59. The standard InChI is InChI=1S/C20H17N3O4S/c24-19(25)13-28-20-22-21-18(23(20)11-15-7-4-10-26-15)12-27-17-9-3-6-14-5-1-2-8-16(14)17/h1-10H,11-13H2,(H,24,25). The molecule has 2 aromatic carbocycles. The number of furan rings is 1. The smallest absolute Gasteiger partial charge is 0.313 e. The van der Waals surface area contributed by atoms with Gasteiger partial charge in [-0.1, -0.05) is 48.2 Å². The van der Waals surface area contributed by atoms with Crippen molar-refractivity contribution < 1.29 is 19.1 Å². The maximum atomic E-state index is 10.9. The van der Waals surface area contributed by atoms with E-state index in [2.05, 4.69) is 10.2 Å². The highest BCUT2D eigenvalue weighted by Crippen LogP contribution is 2.26. The summed E-state index contributed by atoms with van der Waals surface area (Å²) in [6.45, 7) is 0.603. The molecule has 4 aromatic rings. The van der Waals surface area contributed by atoms with Crippen molar-refractivity contribution in [3.63, 3.8) is 0 Å². The van der Waals surface area contributed by atoms with Gasteiger partial charge in [-0.25, -0.2) is 0 Å². The number of fused-ring (bicyclic) bond motifs is 1. The first-order valence-electron chi connectivity index (χ1n) is 8.60. The first-order valence-corrected chi connectivity index (χ1v) is 9.59. The maximum absolute atomic E-state index is 10.9. The summed E-state index contributed by atoms with van der Waals surface area (Å²) >= 11 is 1.11. The van der Waals surface area contributed by atoms with E-state index in [4.69, 9.17) is 14.3 Å². The lowest BCUT2D eigenvalue weighted by Gasteiger charge is -2.11. The first kappa shape index (κ1) is 18.1. The predicted octanol–water partition coefficient (Wildman–Crippen LogP) is 3.83. The van der Waals surface area contributed by atoms with E-state index in [9.17, 15) is 4.79 Å². The van der Waals surface area contributed by atoms with E-state index in [0.717, 1.165) is 34.0 Å². The van der Waals surface area contributed by atoms with Crippen molar-refractivity contribution in [3.8, 4) is 5.75 Å². The Kier molecular flexibility index (Phi) is 5.29. The molecule has 0 aliphatic carbocycles. The minimum Gasteiger partial charge on any atom is -0.485 e. The number of carboxylic acids is 1. The Balaban J connectivity index is 1.58. The van der Waals surface area contributed by atoms with Crippen molar-refractivity contribution in [2.24, 2.45) is 0 Å². The van der Waals surface area contributed by atoms with Crippen LogP contribution in [0, 0.1) is 0 Å². The lowest BCUT2D eigenvalue weighted by atomic mass is 10.1. The van der Waals surface area contributed by atoms with E-state index >= 15 is 0 Å². The molecule has 0 radical (unpaired) electrons. The van der Waals surface area contributed by atoms with E-state index in [1.165, 1.54) is 0 Å². The summed E-state index contributed by atoms with van der Waals surface area (Å²) in [5, 5.41) is 19.9. The largest absolute Gasteiger partial charge is 0.485 e. The van der Waals surface area contributed by atoms with E-state index in [0.29, 0.717) is 17.5 Å². The SMILES string of the molecule is O=C(O)CSc1nnc(COc2cccc3ccccc23)n1Cc1ccco1. The van der Waals surface area contributed by atoms with Crippen LogP contribution in [0.5, 0.6) is 5.75 Å². The van der Waals surface area contributed by atoms with Crippen molar-refractivity contribution in [3.05, 3.63) is 72.4 Å². The third-order valence-corrected chi connectivity index (χ3v) is 5.07. The first-order chi connectivity index (χ1) is 13.7. The number of ether oxygens (including phenoxy) is 1. The summed E-state index contributed by atoms with van der Waals surface area (Å²) < 4.78 is 13.3. The van der Waals surface area contributed by atoms with Gasteiger partial charge >= 0.3 is 5.97 Å². The molecule has 0 atom stereocenters. The van der Waals surface area contributed by atoms with Crippen LogP contribution in [0.3, 0.4) is 0 Å². The van der Waals surface area contributed by atoms with Crippen LogP contribution in [0.2, 0.25) is 0 Å². The van der Waals surface area contributed by atoms with Crippen LogP contribution in [0.25, 0.3) is 10.8 Å². The molecular formula is C20H17N3O4S. The molecule has 0 unspecified atom stereocenters. The molecule has 8 heteroatoms. The van der Waals surface area contributed by atoms with E-state index in [-0.39, 0.29) is 12.4 Å². The van der Waals surface area contributed by atoms with Crippen LogP contribution >= 0.6 is 11.8 Å². The van der Waals surface area contributed by atoms with Crippen LogP contribution in [-0.2, 0) is 17.9 Å². The quantitative estimate of drug-likeness (QED) is 0.453. The third-order valence-electron chi connectivity index (χ3n) is 4.12. The molecule has 0 saturated heterocycles. The Morgan fingerprint density at radius 1 is 1.11 bits per heavy atom.